The molecule has 3 rings (SSSR count). The fourth-order valence-corrected chi connectivity index (χ4v) is 3.36. The van der Waals surface area contributed by atoms with Crippen molar-refractivity contribution in [3.63, 3.8) is 0 Å². The summed E-state index contributed by atoms with van der Waals surface area (Å²) >= 11 is 1.34. The van der Waals surface area contributed by atoms with Gasteiger partial charge in [0.05, 0.1) is 18.3 Å². The minimum Gasteiger partial charge on any atom is -0.387 e. The molecule has 0 radical (unpaired) electrons. The first-order valence-corrected chi connectivity index (χ1v) is 8.83. The van der Waals surface area contributed by atoms with Gasteiger partial charge in [0, 0.05) is 6.54 Å². The molecule has 0 bridgehead atoms. The molecule has 7 nitrogen and oxygen atoms in total. The van der Waals surface area contributed by atoms with E-state index in [1.54, 1.807) is 11.0 Å². The highest BCUT2D eigenvalue weighted by Gasteiger charge is 2.23. The zero-order valence-electron chi connectivity index (χ0n) is 14.0. The summed E-state index contributed by atoms with van der Waals surface area (Å²) in [5.74, 6) is -0.144. The lowest BCUT2D eigenvalue weighted by molar-refractivity contribution is 0.0639. The van der Waals surface area contributed by atoms with E-state index in [4.69, 9.17) is 0 Å². The Morgan fingerprint density at radius 2 is 2.08 bits per heavy atom. The van der Waals surface area contributed by atoms with Crippen molar-refractivity contribution < 1.29 is 9.90 Å². The van der Waals surface area contributed by atoms with Crippen molar-refractivity contribution in [2.45, 2.75) is 20.0 Å². The van der Waals surface area contributed by atoms with Gasteiger partial charge in [0.2, 0.25) is 0 Å². The van der Waals surface area contributed by atoms with Crippen LogP contribution in [-0.2, 0) is 0 Å². The molecule has 130 valence electrons. The van der Waals surface area contributed by atoms with Gasteiger partial charge in [-0.05, 0) is 41.3 Å². The van der Waals surface area contributed by atoms with Gasteiger partial charge in [0.1, 0.15) is 11.2 Å². The van der Waals surface area contributed by atoms with E-state index in [1.807, 2.05) is 43.5 Å². The third-order valence-electron chi connectivity index (χ3n) is 3.96. The van der Waals surface area contributed by atoms with Gasteiger partial charge in [-0.25, -0.2) is 0 Å². The van der Waals surface area contributed by atoms with Gasteiger partial charge >= 0.3 is 0 Å². The topological polar surface area (TPSA) is 84.1 Å². The number of aromatic nitrogens is 4. The lowest BCUT2D eigenvalue weighted by Crippen LogP contribution is -2.34. The number of nitrogens with zero attached hydrogens (tertiary/aromatic N) is 5. The number of aliphatic hydroxyl groups excluding tert-OH is 1. The monoisotopic (exact) mass is 357 g/mol. The van der Waals surface area contributed by atoms with Gasteiger partial charge in [0.25, 0.3) is 5.91 Å². The van der Waals surface area contributed by atoms with Crippen molar-refractivity contribution in [1.82, 2.24) is 25.1 Å². The number of aryl methyl sites for hydroxylation is 1. The Hall–Kier alpha value is -2.58. The second kappa shape index (κ2) is 7.54. The molecular formula is C17H19N5O2S. The van der Waals surface area contributed by atoms with Gasteiger partial charge in [-0.3, -0.25) is 4.79 Å². The smallest absolute Gasteiger partial charge is 0.266 e. The molecule has 0 saturated carbocycles. The fraction of sp³-hybridized carbons (Fsp3) is 0.294. The molecule has 0 saturated heterocycles. The average molecular weight is 357 g/mol. The number of likely N-dealkylation sites (N-methyl/N-ethyl adjacent to an activating group) is 1. The molecule has 25 heavy (non-hydrogen) atoms. The maximum absolute atomic E-state index is 12.9. The molecule has 1 aromatic carbocycles. The number of hydrogen-bond acceptors (Lipinski definition) is 6. The van der Waals surface area contributed by atoms with E-state index in [9.17, 15) is 9.90 Å². The molecule has 2 heterocycles. The Balaban J connectivity index is 1.78. The van der Waals surface area contributed by atoms with Crippen molar-refractivity contribution in [1.29, 1.82) is 0 Å². The van der Waals surface area contributed by atoms with Crippen LogP contribution in [0.3, 0.4) is 0 Å². The summed E-state index contributed by atoms with van der Waals surface area (Å²) in [7, 11) is 0. The zero-order chi connectivity index (χ0) is 17.8. The minimum atomic E-state index is -0.735. The number of aliphatic hydroxyl groups is 1. The van der Waals surface area contributed by atoms with Crippen LogP contribution in [0.15, 0.2) is 42.0 Å². The van der Waals surface area contributed by atoms with Gasteiger partial charge in [-0.15, -0.1) is 16.4 Å². The Kier molecular flexibility index (Phi) is 5.20. The van der Waals surface area contributed by atoms with E-state index in [2.05, 4.69) is 15.5 Å². The van der Waals surface area contributed by atoms with Gasteiger partial charge in [-0.2, -0.15) is 4.68 Å². The van der Waals surface area contributed by atoms with E-state index in [0.717, 1.165) is 11.1 Å². The number of thiophene rings is 1. The molecule has 1 atom stereocenters. The summed E-state index contributed by atoms with van der Waals surface area (Å²) in [6, 6.07) is 9.47. The average Bonchev–Trinajstić information content (AvgIpc) is 3.30. The Bertz CT molecular complexity index is 829. The lowest BCUT2D eigenvalue weighted by Gasteiger charge is -2.24. The van der Waals surface area contributed by atoms with Crippen LogP contribution >= 0.6 is 11.3 Å². The normalized spacial score (nSPS) is 12.1. The van der Waals surface area contributed by atoms with Crippen LogP contribution in [-0.4, -0.2) is 49.2 Å². The van der Waals surface area contributed by atoms with Crippen LogP contribution in [0.2, 0.25) is 0 Å². The summed E-state index contributed by atoms with van der Waals surface area (Å²) in [6.07, 6.45) is 0.719. The molecule has 8 heteroatoms. The number of carbonyl (C=O) groups excluding carboxylic acids is 1. The van der Waals surface area contributed by atoms with Crippen LogP contribution in [0, 0.1) is 6.92 Å². The van der Waals surface area contributed by atoms with E-state index < -0.39 is 6.10 Å². The van der Waals surface area contributed by atoms with E-state index in [-0.39, 0.29) is 12.5 Å². The quantitative estimate of drug-likeness (QED) is 0.731. The number of hydrogen-bond donors (Lipinski definition) is 1. The highest BCUT2D eigenvalue weighted by Crippen LogP contribution is 2.23. The third-order valence-corrected chi connectivity index (χ3v) is 4.85. The summed E-state index contributed by atoms with van der Waals surface area (Å²) < 4.78 is 1.47. The van der Waals surface area contributed by atoms with E-state index in [0.29, 0.717) is 17.1 Å². The van der Waals surface area contributed by atoms with Crippen LogP contribution in [0.25, 0.3) is 5.69 Å². The second-order valence-corrected chi connectivity index (χ2v) is 6.58. The number of carbonyl (C=O) groups is 1. The first kappa shape index (κ1) is 17.2. The molecule has 1 N–H and O–H groups in total. The zero-order valence-corrected chi connectivity index (χ0v) is 14.8. The molecule has 3 aromatic rings. The molecule has 0 aliphatic heterocycles. The van der Waals surface area contributed by atoms with Crippen molar-refractivity contribution in [3.8, 4) is 5.69 Å². The van der Waals surface area contributed by atoms with Crippen molar-refractivity contribution in [3.05, 3.63) is 58.0 Å². The Morgan fingerprint density at radius 1 is 1.32 bits per heavy atom. The van der Waals surface area contributed by atoms with Gasteiger partial charge < -0.3 is 10.0 Å². The predicted octanol–water partition coefficient (Wildman–Crippen LogP) is 2.23. The van der Waals surface area contributed by atoms with Crippen LogP contribution in [0.1, 0.15) is 33.8 Å². The van der Waals surface area contributed by atoms with Crippen LogP contribution in [0.5, 0.6) is 0 Å². The molecule has 0 aliphatic carbocycles. The first-order chi connectivity index (χ1) is 12.1. The van der Waals surface area contributed by atoms with Gasteiger partial charge in [-0.1, -0.05) is 29.8 Å². The lowest BCUT2D eigenvalue weighted by atomic mass is 10.1. The minimum absolute atomic E-state index is 0.144. The molecule has 0 spiro atoms. The molecule has 0 unspecified atom stereocenters. The standard InChI is InChI=1S/C17H19N5O2S/c1-3-21(10-15(23)13-6-4-12(2)5-7-13)17(24)16-14(8-9-25-16)22-11-18-19-20-22/h4-9,11,15,23H,3,10H2,1-2H3/t15-/m1/s1. The second-order valence-electron chi connectivity index (χ2n) is 5.66. The van der Waals surface area contributed by atoms with E-state index >= 15 is 0 Å². The first-order valence-electron chi connectivity index (χ1n) is 7.95. The van der Waals surface area contributed by atoms with Crippen molar-refractivity contribution in [2.75, 3.05) is 13.1 Å². The Morgan fingerprint density at radius 3 is 2.72 bits per heavy atom. The molecule has 1 amide bonds. The summed E-state index contributed by atoms with van der Waals surface area (Å²) in [6.45, 7) is 4.61. The molecule has 0 aliphatic rings. The fourth-order valence-electron chi connectivity index (χ4n) is 2.52. The highest BCUT2D eigenvalue weighted by atomic mass is 32.1. The largest absolute Gasteiger partial charge is 0.387 e. The summed E-state index contributed by atoms with van der Waals surface area (Å²) in [5.41, 5.74) is 2.57. The third kappa shape index (κ3) is 3.75. The number of amides is 1. The molecular weight excluding hydrogens is 338 g/mol. The number of benzene rings is 1. The van der Waals surface area contributed by atoms with Crippen molar-refractivity contribution in [2.24, 2.45) is 0 Å². The number of rotatable bonds is 6. The van der Waals surface area contributed by atoms with Crippen LogP contribution in [0.4, 0.5) is 0 Å². The Labute approximate surface area is 149 Å². The SMILES string of the molecule is CCN(C[C@@H](O)c1ccc(C)cc1)C(=O)c1sccc1-n1cnnn1. The molecule has 0 fully saturated rings. The van der Waals surface area contributed by atoms with Crippen LogP contribution < -0.4 is 0 Å². The van der Waals surface area contributed by atoms with Crippen molar-refractivity contribution >= 4 is 17.2 Å². The maximum atomic E-state index is 12.9. The van der Waals surface area contributed by atoms with E-state index in [1.165, 1.54) is 22.3 Å². The predicted molar refractivity (Wildman–Crippen MR) is 94.7 cm³/mol. The molecule has 2 aromatic heterocycles. The van der Waals surface area contributed by atoms with Gasteiger partial charge in [0.15, 0.2) is 0 Å². The number of tetrazole rings is 1. The highest BCUT2D eigenvalue weighted by molar-refractivity contribution is 7.12. The summed E-state index contributed by atoms with van der Waals surface area (Å²) in [5, 5.41) is 23.4. The maximum Gasteiger partial charge on any atom is 0.266 e. The summed E-state index contributed by atoms with van der Waals surface area (Å²) in [4.78, 5) is 15.1.